The smallest absolute Gasteiger partial charge is 0.305 e. The van der Waals surface area contributed by atoms with Gasteiger partial charge in [-0.05, 0) is 83.5 Å². The number of hydrogen-bond donors (Lipinski definition) is 3. The first-order chi connectivity index (χ1) is 36.0. The molecule has 0 fully saturated rings. The molecule has 0 aromatic rings. The minimum atomic E-state index is -0.663. The molecule has 0 rings (SSSR count). The van der Waals surface area contributed by atoms with Gasteiger partial charge in [-0.1, -0.05) is 294 Å². The summed E-state index contributed by atoms with van der Waals surface area (Å²) in [6.07, 6.45) is 80.0. The molecule has 0 aliphatic rings. The summed E-state index contributed by atoms with van der Waals surface area (Å²) in [6.45, 7) is 4.90. The number of nitrogens with one attached hydrogen (secondary N) is 1. The molecule has 6 nitrogen and oxygen atoms in total. The van der Waals surface area contributed by atoms with Crippen molar-refractivity contribution in [2.75, 3.05) is 13.2 Å². The number of carbonyl (C=O) groups excluding carboxylic acids is 2. The Morgan fingerprint density at radius 1 is 0.384 bits per heavy atom. The second kappa shape index (κ2) is 62.4. The van der Waals surface area contributed by atoms with E-state index in [0.29, 0.717) is 25.9 Å². The molecule has 0 bridgehead atoms. The monoisotopic (exact) mass is 1020 g/mol. The summed E-state index contributed by atoms with van der Waals surface area (Å²) in [5.74, 6) is -0.0366. The maximum Gasteiger partial charge on any atom is 0.305 e. The van der Waals surface area contributed by atoms with Gasteiger partial charge in [-0.25, -0.2) is 0 Å². The lowest BCUT2D eigenvalue weighted by Gasteiger charge is -2.22. The van der Waals surface area contributed by atoms with E-state index in [-0.39, 0.29) is 18.5 Å². The quantitative estimate of drug-likeness (QED) is 0.0320. The second-order valence-corrected chi connectivity index (χ2v) is 22.1. The highest BCUT2D eigenvalue weighted by Gasteiger charge is 2.20. The molecule has 1 amide bonds. The van der Waals surface area contributed by atoms with Crippen LogP contribution in [0.5, 0.6) is 0 Å². The normalized spacial score (nSPS) is 12.9. The predicted octanol–water partition coefficient (Wildman–Crippen LogP) is 20.5. The molecule has 2 unspecified atom stereocenters. The van der Waals surface area contributed by atoms with Gasteiger partial charge in [0.2, 0.25) is 5.91 Å². The summed E-state index contributed by atoms with van der Waals surface area (Å²) in [7, 11) is 0. The number of allylic oxidation sites excluding steroid dienone is 8. The minimum Gasteiger partial charge on any atom is -0.466 e. The third-order valence-electron chi connectivity index (χ3n) is 14.9. The fraction of sp³-hybridized carbons (Fsp3) is 0.851. The number of aliphatic hydroxyl groups is 2. The molecule has 0 aromatic heterocycles. The molecule has 0 aliphatic heterocycles. The maximum absolute atomic E-state index is 12.5. The van der Waals surface area contributed by atoms with E-state index < -0.39 is 12.1 Å². The van der Waals surface area contributed by atoms with Crippen LogP contribution in [0.1, 0.15) is 341 Å². The van der Waals surface area contributed by atoms with Crippen molar-refractivity contribution in [3.05, 3.63) is 48.6 Å². The van der Waals surface area contributed by atoms with E-state index in [2.05, 4.69) is 67.8 Å². The molecule has 6 heteroatoms. The topological polar surface area (TPSA) is 95.9 Å². The summed E-state index contributed by atoms with van der Waals surface area (Å²) in [5, 5.41) is 23.2. The summed E-state index contributed by atoms with van der Waals surface area (Å²) in [6, 6.07) is -0.540. The molecule has 0 saturated heterocycles. The molecule has 0 radical (unpaired) electrons. The third-order valence-corrected chi connectivity index (χ3v) is 14.9. The van der Waals surface area contributed by atoms with Crippen molar-refractivity contribution in [3.63, 3.8) is 0 Å². The summed E-state index contributed by atoms with van der Waals surface area (Å²) in [5.41, 5.74) is 0. The Morgan fingerprint density at radius 3 is 1.08 bits per heavy atom. The first-order valence-electron chi connectivity index (χ1n) is 32.4. The molecule has 0 spiro atoms. The SMILES string of the molecule is CCCC/C=C\C/C=C\CCCCCCCC(=O)OCCCCCCCCCCC/C=C\C/C=C\CCCCCCCCCCCCCCCCCC(=O)NC(CO)C(O)CCCCCCCCCCCCC. The number of unbranched alkanes of at least 4 members (excludes halogenated alkanes) is 41. The van der Waals surface area contributed by atoms with Gasteiger partial charge in [0.15, 0.2) is 0 Å². The van der Waals surface area contributed by atoms with Crippen LogP contribution in [0.25, 0.3) is 0 Å². The fourth-order valence-corrected chi connectivity index (χ4v) is 9.86. The van der Waals surface area contributed by atoms with Crippen molar-refractivity contribution in [2.45, 2.75) is 353 Å². The van der Waals surface area contributed by atoms with Crippen molar-refractivity contribution < 1.29 is 24.5 Å². The van der Waals surface area contributed by atoms with Crippen molar-refractivity contribution >= 4 is 11.9 Å². The molecule has 3 N–H and O–H groups in total. The van der Waals surface area contributed by atoms with Gasteiger partial charge in [-0.15, -0.1) is 0 Å². The Kier molecular flexibility index (Phi) is 60.5. The summed E-state index contributed by atoms with van der Waals surface area (Å²) >= 11 is 0. The van der Waals surface area contributed by atoms with Crippen LogP contribution in [-0.4, -0.2) is 47.4 Å². The van der Waals surface area contributed by atoms with Crippen LogP contribution in [0.15, 0.2) is 48.6 Å². The number of aliphatic hydroxyl groups excluding tert-OH is 2. The van der Waals surface area contributed by atoms with E-state index in [1.807, 2.05) is 0 Å². The molecular weight excluding hydrogens is 899 g/mol. The van der Waals surface area contributed by atoms with Gasteiger partial charge in [0, 0.05) is 12.8 Å². The standard InChI is InChI=1S/C67H125NO5/c1-3-5-7-9-11-13-15-16-37-41-45-49-53-57-61-67(72)73-62-58-54-50-46-42-38-35-33-31-29-27-25-23-21-19-17-18-20-22-24-26-28-30-32-34-36-40-44-48-52-56-60-66(71)68-64(63-69)65(70)59-55-51-47-43-39-14-12-10-8-6-4-2/h9,11,15-16,19,21,25,27,64-65,69-70H,3-8,10,12-14,17-18,20,22-24,26,28-63H2,1-2H3,(H,68,71)/b11-9-,16-15-,21-19-,27-25-. The molecule has 73 heavy (non-hydrogen) atoms. The van der Waals surface area contributed by atoms with Gasteiger partial charge in [0.1, 0.15) is 0 Å². The Morgan fingerprint density at radius 2 is 0.699 bits per heavy atom. The van der Waals surface area contributed by atoms with E-state index in [4.69, 9.17) is 4.74 Å². The third kappa shape index (κ3) is 58.9. The van der Waals surface area contributed by atoms with Crippen molar-refractivity contribution in [1.82, 2.24) is 5.32 Å². The van der Waals surface area contributed by atoms with Gasteiger partial charge in [-0.2, -0.15) is 0 Å². The van der Waals surface area contributed by atoms with Gasteiger partial charge in [0.05, 0.1) is 25.4 Å². The zero-order valence-corrected chi connectivity index (χ0v) is 48.9. The highest BCUT2D eigenvalue weighted by atomic mass is 16.5. The Balaban J connectivity index is 3.38. The van der Waals surface area contributed by atoms with E-state index in [1.54, 1.807) is 0 Å². The average molecular weight is 1020 g/mol. The summed E-state index contributed by atoms with van der Waals surface area (Å²) < 4.78 is 5.47. The molecule has 428 valence electrons. The number of amides is 1. The Labute approximate surface area is 455 Å². The highest BCUT2D eigenvalue weighted by molar-refractivity contribution is 5.76. The summed E-state index contributed by atoms with van der Waals surface area (Å²) in [4.78, 5) is 24.5. The maximum atomic E-state index is 12.5. The zero-order valence-electron chi connectivity index (χ0n) is 48.9. The number of esters is 1. The van der Waals surface area contributed by atoms with Crippen LogP contribution in [0, 0.1) is 0 Å². The fourth-order valence-electron chi connectivity index (χ4n) is 9.86. The van der Waals surface area contributed by atoms with Gasteiger partial charge < -0.3 is 20.3 Å². The molecule has 0 heterocycles. The first kappa shape index (κ1) is 70.8. The number of carbonyl (C=O) groups is 2. The van der Waals surface area contributed by atoms with Crippen molar-refractivity contribution in [2.24, 2.45) is 0 Å². The van der Waals surface area contributed by atoms with Crippen molar-refractivity contribution in [1.29, 1.82) is 0 Å². The Hall–Kier alpha value is -2.18. The van der Waals surface area contributed by atoms with Gasteiger partial charge in [0.25, 0.3) is 0 Å². The van der Waals surface area contributed by atoms with E-state index in [1.165, 1.54) is 250 Å². The van der Waals surface area contributed by atoms with Crippen LogP contribution in [-0.2, 0) is 14.3 Å². The number of hydrogen-bond acceptors (Lipinski definition) is 5. The second-order valence-electron chi connectivity index (χ2n) is 22.1. The van der Waals surface area contributed by atoms with Crippen LogP contribution in [0.4, 0.5) is 0 Å². The average Bonchev–Trinajstić information content (AvgIpc) is 3.39. The molecular formula is C67H125NO5. The lowest BCUT2D eigenvalue weighted by atomic mass is 10.0. The van der Waals surface area contributed by atoms with Gasteiger partial charge >= 0.3 is 5.97 Å². The molecule has 0 aliphatic carbocycles. The first-order valence-corrected chi connectivity index (χ1v) is 32.4. The molecule has 0 saturated carbocycles. The van der Waals surface area contributed by atoms with Gasteiger partial charge in [-0.3, -0.25) is 9.59 Å². The highest BCUT2D eigenvalue weighted by Crippen LogP contribution is 2.17. The van der Waals surface area contributed by atoms with Crippen LogP contribution < -0.4 is 5.32 Å². The lowest BCUT2D eigenvalue weighted by molar-refractivity contribution is -0.143. The van der Waals surface area contributed by atoms with Crippen LogP contribution in [0.3, 0.4) is 0 Å². The number of ether oxygens (including phenoxy) is 1. The van der Waals surface area contributed by atoms with E-state index >= 15 is 0 Å². The van der Waals surface area contributed by atoms with E-state index in [0.717, 1.165) is 57.8 Å². The van der Waals surface area contributed by atoms with Crippen LogP contribution >= 0.6 is 0 Å². The van der Waals surface area contributed by atoms with Crippen LogP contribution in [0.2, 0.25) is 0 Å². The Bertz CT molecular complexity index is 1230. The van der Waals surface area contributed by atoms with Crippen molar-refractivity contribution in [3.8, 4) is 0 Å². The van der Waals surface area contributed by atoms with E-state index in [9.17, 15) is 19.8 Å². The largest absolute Gasteiger partial charge is 0.466 e. The lowest BCUT2D eigenvalue weighted by Crippen LogP contribution is -2.45. The minimum absolute atomic E-state index is 0.00179. The molecule has 2 atom stereocenters. The molecule has 0 aromatic carbocycles. The predicted molar refractivity (Wildman–Crippen MR) is 319 cm³/mol. The zero-order chi connectivity index (χ0) is 52.9. The number of rotatable bonds is 60.